The van der Waals surface area contributed by atoms with Crippen LogP contribution in [0.25, 0.3) is 0 Å². The SMILES string of the molecule is CC(C)(O)COc1ccc(OCC(F)(F)F)cc1. The lowest BCUT2D eigenvalue weighted by Crippen LogP contribution is -2.27. The first-order valence-electron chi connectivity index (χ1n) is 5.30. The van der Waals surface area contributed by atoms with Crippen LogP contribution in [0.4, 0.5) is 13.2 Å². The Kier molecular flexibility index (Phi) is 4.45. The Morgan fingerprint density at radius 2 is 1.33 bits per heavy atom. The van der Waals surface area contributed by atoms with E-state index < -0.39 is 18.4 Å². The van der Waals surface area contributed by atoms with E-state index in [1.54, 1.807) is 13.8 Å². The summed E-state index contributed by atoms with van der Waals surface area (Å²) < 4.78 is 45.5. The van der Waals surface area contributed by atoms with E-state index in [-0.39, 0.29) is 12.4 Å². The van der Waals surface area contributed by atoms with Crippen LogP contribution in [-0.4, -0.2) is 30.1 Å². The van der Waals surface area contributed by atoms with E-state index >= 15 is 0 Å². The Hall–Kier alpha value is -1.43. The van der Waals surface area contributed by atoms with Crippen LogP contribution in [0, 0.1) is 0 Å². The summed E-state index contributed by atoms with van der Waals surface area (Å²) >= 11 is 0. The molecule has 0 bridgehead atoms. The van der Waals surface area contributed by atoms with Crippen LogP contribution in [0.1, 0.15) is 13.8 Å². The molecule has 1 aromatic carbocycles. The van der Waals surface area contributed by atoms with Crippen LogP contribution in [0.2, 0.25) is 0 Å². The van der Waals surface area contributed by atoms with Crippen molar-refractivity contribution in [3.8, 4) is 11.5 Å². The second-order valence-electron chi connectivity index (χ2n) is 4.48. The van der Waals surface area contributed by atoms with E-state index in [1.165, 1.54) is 24.3 Å². The summed E-state index contributed by atoms with van der Waals surface area (Å²) in [6, 6.07) is 5.73. The van der Waals surface area contributed by atoms with Gasteiger partial charge in [-0.25, -0.2) is 0 Å². The van der Waals surface area contributed by atoms with Gasteiger partial charge in [0.15, 0.2) is 6.61 Å². The van der Waals surface area contributed by atoms with E-state index in [1.807, 2.05) is 0 Å². The fourth-order valence-electron chi connectivity index (χ4n) is 1.06. The average molecular weight is 264 g/mol. The summed E-state index contributed by atoms with van der Waals surface area (Å²) in [4.78, 5) is 0. The maximum atomic E-state index is 11.9. The van der Waals surface area contributed by atoms with Crippen molar-refractivity contribution in [1.82, 2.24) is 0 Å². The molecule has 0 unspecified atom stereocenters. The zero-order valence-electron chi connectivity index (χ0n) is 10.1. The maximum absolute atomic E-state index is 11.9. The molecule has 0 spiro atoms. The number of ether oxygens (including phenoxy) is 2. The highest BCUT2D eigenvalue weighted by Gasteiger charge is 2.28. The maximum Gasteiger partial charge on any atom is 0.422 e. The summed E-state index contributed by atoms with van der Waals surface area (Å²) in [5.41, 5.74) is -0.967. The number of aliphatic hydroxyl groups is 1. The predicted molar refractivity (Wildman–Crippen MR) is 59.8 cm³/mol. The molecule has 0 radical (unpaired) electrons. The van der Waals surface area contributed by atoms with Gasteiger partial charge in [-0.3, -0.25) is 0 Å². The van der Waals surface area contributed by atoms with Gasteiger partial charge in [-0.15, -0.1) is 0 Å². The molecule has 0 amide bonds. The number of hydrogen-bond acceptors (Lipinski definition) is 3. The van der Waals surface area contributed by atoms with Crippen LogP contribution in [0.3, 0.4) is 0 Å². The minimum absolute atomic E-state index is 0.0930. The van der Waals surface area contributed by atoms with Crippen LogP contribution >= 0.6 is 0 Å². The number of halogens is 3. The van der Waals surface area contributed by atoms with Gasteiger partial charge in [0.2, 0.25) is 0 Å². The van der Waals surface area contributed by atoms with Crippen molar-refractivity contribution in [3.05, 3.63) is 24.3 Å². The van der Waals surface area contributed by atoms with Gasteiger partial charge in [-0.1, -0.05) is 0 Å². The topological polar surface area (TPSA) is 38.7 Å². The Balaban J connectivity index is 2.48. The first-order valence-corrected chi connectivity index (χ1v) is 5.30. The molecule has 1 N–H and O–H groups in total. The molecule has 102 valence electrons. The summed E-state index contributed by atoms with van der Waals surface area (Å²) in [7, 11) is 0. The normalized spacial score (nSPS) is 12.3. The lowest BCUT2D eigenvalue weighted by molar-refractivity contribution is -0.153. The second kappa shape index (κ2) is 5.48. The van der Waals surface area contributed by atoms with E-state index in [9.17, 15) is 18.3 Å². The Labute approximate surface area is 103 Å². The third-order valence-corrected chi connectivity index (χ3v) is 1.82. The van der Waals surface area contributed by atoms with Gasteiger partial charge in [0.05, 0.1) is 5.60 Å². The van der Waals surface area contributed by atoms with E-state index in [4.69, 9.17) is 4.74 Å². The van der Waals surface area contributed by atoms with Crippen LogP contribution < -0.4 is 9.47 Å². The molecule has 6 heteroatoms. The van der Waals surface area contributed by atoms with Gasteiger partial charge >= 0.3 is 6.18 Å². The van der Waals surface area contributed by atoms with Crippen LogP contribution in [-0.2, 0) is 0 Å². The number of alkyl halides is 3. The van der Waals surface area contributed by atoms with Crippen molar-refractivity contribution in [1.29, 1.82) is 0 Å². The summed E-state index contributed by atoms with van der Waals surface area (Å²) in [6.45, 7) is 1.95. The van der Waals surface area contributed by atoms with Crippen molar-refractivity contribution in [3.63, 3.8) is 0 Å². The van der Waals surface area contributed by atoms with Crippen molar-refractivity contribution in [2.24, 2.45) is 0 Å². The molecule has 0 saturated carbocycles. The molecule has 0 aliphatic rings. The minimum atomic E-state index is -4.35. The molecule has 0 saturated heterocycles. The zero-order chi connectivity index (χ0) is 13.8. The quantitative estimate of drug-likeness (QED) is 0.888. The lowest BCUT2D eigenvalue weighted by Gasteiger charge is -2.17. The standard InChI is InChI=1S/C12H15F3O3/c1-11(2,16)7-17-9-3-5-10(6-4-9)18-8-12(13,14)15/h3-6,16H,7-8H2,1-2H3. The summed E-state index contributed by atoms with van der Waals surface area (Å²) in [5, 5.41) is 9.43. The minimum Gasteiger partial charge on any atom is -0.491 e. The summed E-state index contributed by atoms with van der Waals surface area (Å²) in [6.07, 6.45) is -4.35. The van der Waals surface area contributed by atoms with Gasteiger partial charge in [-0.2, -0.15) is 13.2 Å². The third kappa shape index (κ3) is 6.34. The fraction of sp³-hybridized carbons (Fsp3) is 0.500. The molecule has 18 heavy (non-hydrogen) atoms. The first kappa shape index (κ1) is 14.6. The second-order valence-corrected chi connectivity index (χ2v) is 4.48. The molecule has 0 heterocycles. The molecule has 1 aromatic rings. The predicted octanol–water partition coefficient (Wildman–Crippen LogP) is 2.78. The number of benzene rings is 1. The molecule has 0 fully saturated rings. The van der Waals surface area contributed by atoms with E-state index in [0.717, 1.165) is 0 Å². The molecule has 0 aliphatic heterocycles. The van der Waals surface area contributed by atoms with Gasteiger partial charge in [0, 0.05) is 0 Å². The smallest absolute Gasteiger partial charge is 0.422 e. The highest BCUT2D eigenvalue weighted by molar-refractivity contribution is 5.31. The van der Waals surface area contributed by atoms with Gasteiger partial charge in [0.25, 0.3) is 0 Å². The summed E-state index contributed by atoms with van der Waals surface area (Å²) in [5.74, 6) is 0.569. The van der Waals surface area contributed by atoms with Gasteiger partial charge in [0.1, 0.15) is 18.1 Å². The molecule has 0 aliphatic carbocycles. The fourth-order valence-corrected chi connectivity index (χ4v) is 1.06. The molecule has 3 nitrogen and oxygen atoms in total. The molecule has 0 atom stereocenters. The van der Waals surface area contributed by atoms with Crippen molar-refractivity contribution < 1.29 is 27.8 Å². The van der Waals surface area contributed by atoms with Crippen molar-refractivity contribution in [2.45, 2.75) is 25.6 Å². The largest absolute Gasteiger partial charge is 0.491 e. The van der Waals surface area contributed by atoms with Gasteiger partial charge in [-0.05, 0) is 38.1 Å². The monoisotopic (exact) mass is 264 g/mol. The number of hydrogen-bond donors (Lipinski definition) is 1. The lowest BCUT2D eigenvalue weighted by atomic mass is 10.2. The molecule has 0 aromatic heterocycles. The van der Waals surface area contributed by atoms with Crippen molar-refractivity contribution >= 4 is 0 Å². The Morgan fingerprint density at radius 1 is 0.944 bits per heavy atom. The third-order valence-electron chi connectivity index (χ3n) is 1.82. The molecular formula is C12H15F3O3. The highest BCUT2D eigenvalue weighted by atomic mass is 19.4. The van der Waals surface area contributed by atoms with Crippen LogP contribution in [0.15, 0.2) is 24.3 Å². The van der Waals surface area contributed by atoms with E-state index in [0.29, 0.717) is 5.75 Å². The Morgan fingerprint density at radius 3 is 1.67 bits per heavy atom. The van der Waals surface area contributed by atoms with Gasteiger partial charge < -0.3 is 14.6 Å². The highest BCUT2D eigenvalue weighted by Crippen LogP contribution is 2.21. The number of rotatable bonds is 5. The zero-order valence-corrected chi connectivity index (χ0v) is 10.1. The molecular weight excluding hydrogens is 249 g/mol. The Bertz CT molecular complexity index is 329. The average Bonchev–Trinajstić information content (AvgIpc) is 2.23. The van der Waals surface area contributed by atoms with Crippen LogP contribution in [0.5, 0.6) is 11.5 Å². The van der Waals surface area contributed by atoms with Crippen molar-refractivity contribution in [2.75, 3.05) is 13.2 Å². The molecule has 1 rings (SSSR count). The van der Waals surface area contributed by atoms with E-state index in [2.05, 4.69) is 4.74 Å². The first-order chi connectivity index (χ1) is 8.16.